The second kappa shape index (κ2) is 4.81. The summed E-state index contributed by atoms with van der Waals surface area (Å²) >= 11 is 0. The first-order valence-corrected chi connectivity index (χ1v) is 3.53. The maximum Gasteiger partial charge on any atom is 0.137 e. The molecule has 1 heterocycles. The van der Waals surface area contributed by atoms with Gasteiger partial charge in [0.25, 0.3) is 0 Å². The highest BCUT2D eigenvalue weighted by atomic mass is 16.5. The Bertz CT molecular complexity index is 175. The van der Waals surface area contributed by atoms with Crippen LogP contribution in [0.1, 0.15) is 0 Å². The molecule has 0 spiro atoms. The van der Waals surface area contributed by atoms with E-state index in [-0.39, 0.29) is 0 Å². The maximum atomic E-state index is 5.23. The molecule has 0 radical (unpaired) electrons. The molecule has 0 fully saturated rings. The van der Waals surface area contributed by atoms with E-state index in [1.165, 1.54) is 6.33 Å². The molecule has 1 aromatic rings. The average molecular weight is 156 g/mol. The van der Waals surface area contributed by atoms with Gasteiger partial charge in [-0.2, -0.15) is 5.10 Å². The highest BCUT2D eigenvalue weighted by Crippen LogP contribution is 1.81. The highest BCUT2D eigenvalue weighted by molar-refractivity contribution is 4.54. The summed E-state index contributed by atoms with van der Waals surface area (Å²) in [6, 6.07) is 0. The zero-order valence-electron chi connectivity index (χ0n) is 6.31. The smallest absolute Gasteiger partial charge is 0.137 e. The molecule has 0 bridgehead atoms. The van der Waals surface area contributed by atoms with Gasteiger partial charge < -0.3 is 10.5 Å². The Morgan fingerprint density at radius 1 is 1.45 bits per heavy atom. The fourth-order valence-electron chi connectivity index (χ4n) is 0.692. The number of aromatic nitrogens is 3. The van der Waals surface area contributed by atoms with Gasteiger partial charge in [-0.3, -0.25) is 4.68 Å². The van der Waals surface area contributed by atoms with Gasteiger partial charge in [-0.1, -0.05) is 0 Å². The standard InChI is InChI=1S/C6H12N4O/c7-1-3-11-4-2-10-6-8-5-9-10/h5-6H,1-4,7H2. The summed E-state index contributed by atoms with van der Waals surface area (Å²) < 4.78 is 6.86. The zero-order chi connectivity index (χ0) is 7.94. The van der Waals surface area contributed by atoms with Gasteiger partial charge >= 0.3 is 0 Å². The number of ether oxygens (including phenoxy) is 1. The second-order valence-electron chi connectivity index (χ2n) is 2.06. The number of rotatable bonds is 5. The van der Waals surface area contributed by atoms with Gasteiger partial charge in [0.1, 0.15) is 12.7 Å². The van der Waals surface area contributed by atoms with Crippen LogP contribution in [0.3, 0.4) is 0 Å². The summed E-state index contributed by atoms with van der Waals surface area (Å²) in [5.74, 6) is 0. The molecule has 1 aromatic heterocycles. The van der Waals surface area contributed by atoms with Crippen LogP contribution in [-0.2, 0) is 11.3 Å². The Morgan fingerprint density at radius 2 is 2.36 bits per heavy atom. The number of nitrogens with two attached hydrogens (primary N) is 1. The minimum absolute atomic E-state index is 0.567. The molecule has 62 valence electrons. The van der Waals surface area contributed by atoms with Crippen molar-refractivity contribution in [3.8, 4) is 0 Å². The molecule has 1 rings (SSSR count). The Morgan fingerprint density at radius 3 is 3.00 bits per heavy atom. The van der Waals surface area contributed by atoms with E-state index in [2.05, 4.69) is 10.1 Å². The molecular weight excluding hydrogens is 144 g/mol. The third kappa shape index (κ3) is 3.10. The molecule has 11 heavy (non-hydrogen) atoms. The van der Waals surface area contributed by atoms with E-state index in [1.54, 1.807) is 11.0 Å². The summed E-state index contributed by atoms with van der Waals surface area (Å²) in [5, 5.41) is 3.91. The molecule has 2 N–H and O–H groups in total. The SMILES string of the molecule is NCCOCCn1cncn1. The lowest BCUT2D eigenvalue weighted by Gasteiger charge is -2.00. The van der Waals surface area contributed by atoms with Gasteiger partial charge in [0.15, 0.2) is 0 Å². The van der Waals surface area contributed by atoms with Gasteiger partial charge in [-0.15, -0.1) is 0 Å². The lowest BCUT2D eigenvalue weighted by atomic mass is 10.6. The summed E-state index contributed by atoms with van der Waals surface area (Å²) in [6.07, 6.45) is 3.16. The van der Waals surface area contributed by atoms with E-state index < -0.39 is 0 Å². The van der Waals surface area contributed by atoms with Gasteiger partial charge in [-0.05, 0) is 0 Å². The third-order valence-corrected chi connectivity index (χ3v) is 1.19. The largest absolute Gasteiger partial charge is 0.378 e. The van der Waals surface area contributed by atoms with Crippen LogP contribution in [0, 0.1) is 0 Å². The predicted molar refractivity (Wildman–Crippen MR) is 39.9 cm³/mol. The first kappa shape index (κ1) is 8.16. The van der Waals surface area contributed by atoms with Crippen LogP contribution in [0.5, 0.6) is 0 Å². The predicted octanol–water partition coefficient (Wildman–Crippen LogP) is -0.747. The summed E-state index contributed by atoms with van der Waals surface area (Å²) in [7, 11) is 0. The van der Waals surface area contributed by atoms with E-state index in [9.17, 15) is 0 Å². The van der Waals surface area contributed by atoms with Gasteiger partial charge in [0.05, 0.1) is 19.8 Å². The number of hydrogen-bond acceptors (Lipinski definition) is 4. The lowest BCUT2D eigenvalue weighted by molar-refractivity contribution is 0.130. The van der Waals surface area contributed by atoms with Crippen LogP contribution < -0.4 is 5.73 Å². The van der Waals surface area contributed by atoms with Crippen molar-refractivity contribution in [3.63, 3.8) is 0 Å². The van der Waals surface area contributed by atoms with Crippen LogP contribution in [0.4, 0.5) is 0 Å². The maximum absolute atomic E-state index is 5.23. The quantitative estimate of drug-likeness (QED) is 0.570. The minimum Gasteiger partial charge on any atom is -0.378 e. The molecule has 0 unspecified atom stereocenters. The Labute approximate surface area is 65.2 Å². The Kier molecular flexibility index (Phi) is 3.57. The van der Waals surface area contributed by atoms with Crippen molar-refractivity contribution in [2.75, 3.05) is 19.8 Å². The first-order valence-electron chi connectivity index (χ1n) is 3.53. The lowest BCUT2D eigenvalue weighted by Crippen LogP contribution is -2.12. The monoisotopic (exact) mass is 156 g/mol. The molecule has 0 aromatic carbocycles. The van der Waals surface area contributed by atoms with Crippen LogP contribution in [-0.4, -0.2) is 34.5 Å². The highest BCUT2D eigenvalue weighted by Gasteiger charge is 1.89. The van der Waals surface area contributed by atoms with Crippen molar-refractivity contribution < 1.29 is 4.74 Å². The van der Waals surface area contributed by atoms with Crippen LogP contribution in [0.25, 0.3) is 0 Å². The Balaban J connectivity index is 2.04. The van der Waals surface area contributed by atoms with Crippen LogP contribution in [0.2, 0.25) is 0 Å². The van der Waals surface area contributed by atoms with Crippen molar-refractivity contribution in [2.45, 2.75) is 6.54 Å². The second-order valence-corrected chi connectivity index (χ2v) is 2.06. The minimum atomic E-state index is 0.567. The summed E-state index contributed by atoms with van der Waals surface area (Å²) in [4.78, 5) is 3.79. The third-order valence-electron chi connectivity index (χ3n) is 1.19. The van der Waals surface area contributed by atoms with E-state index in [0.29, 0.717) is 19.8 Å². The molecular formula is C6H12N4O. The van der Waals surface area contributed by atoms with Crippen molar-refractivity contribution in [2.24, 2.45) is 5.73 Å². The summed E-state index contributed by atoms with van der Waals surface area (Å²) in [6.45, 7) is 2.55. The molecule has 0 saturated heterocycles. The van der Waals surface area contributed by atoms with Crippen LogP contribution in [0.15, 0.2) is 12.7 Å². The van der Waals surface area contributed by atoms with Gasteiger partial charge in [0, 0.05) is 6.54 Å². The van der Waals surface area contributed by atoms with Crippen molar-refractivity contribution in [1.82, 2.24) is 14.8 Å². The molecule has 0 amide bonds. The molecule has 0 aliphatic rings. The molecule has 0 aliphatic heterocycles. The topological polar surface area (TPSA) is 66.0 Å². The van der Waals surface area contributed by atoms with E-state index >= 15 is 0 Å². The number of nitrogens with zero attached hydrogens (tertiary/aromatic N) is 3. The fraction of sp³-hybridized carbons (Fsp3) is 0.667. The van der Waals surface area contributed by atoms with E-state index in [4.69, 9.17) is 10.5 Å². The zero-order valence-corrected chi connectivity index (χ0v) is 6.31. The average Bonchev–Trinajstić information content (AvgIpc) is 2.50. The van der Waals surface area contributed by atoms with Crippen molar-refractivity contribution >= 4 is 0 Å². The molecule has 5 nitrogen and oxygen atoms in total. The molecule has 0 saturated carbocycles. The van der Waals surface area contributed by atoms with E-state index in [1.807, 2.05) is 0 Å². The molecule has 0 atom stereocenters. The Hall–Kier alpha value is -0.940. The fourth-order valence-corrected chi connectivity index (χ4v) is 0.692. The normalized spacial score (nSPS) is 10.3. The van der Waals surface area contributed by atoms with Gasteiger partial charge in [0.2, 0.25) is 0 Å². The van der Waals surface area contributed by atoms with Gasteiger partial charge in [-0.25, -0.2) is 4.98 Å². The first-order chi connectivity index (χ1) is 5.43. The molecule has 5 heteroatoms. The molecule has 0 aliphatic carbocycles. The number of hydrogen-bond donors (Lipinski definition) is 1. The van der Waals surface area contributed by atoms with Crippen molar-refractivity contribution in [3.05, 3.63) is 12.7 Å². The van der Waals surface area contributed by atoms with Crippen LogP contribution >= 0.6 is 0 Å². The van der Waals surface area contributed by atoms with Crippen molar-refractivity contribution in [1.29, 1.82) is 0 Å². The van der Waals surface area contributed by atoms with E-state index in [0.717, 1.165) is 6.54 Å². The summed E-state index contributed by atoms with van der Waals surface area (Å²) in [5.41, 5.74) is 5.23.